The van der Waals surface area contributed by atoms with E-state index >= 15 is 0 Å². The van der Waals surface area contributed by atoms with Crippen LogP contribution in [0.25, 0.3) is 0 Å². The molecule has 0 aliphatic heterocycles. The highest BCUT2D eigenvalue weighted by Crippen LogP contribution is 2.26. The van der Waals surface area contributed by atoms with Crippen molar-refractivity contribution in [2.75, 3.05) is 0 Å². The van der Waals surface area contributed by atoms with Crippen molar-refractivity contribution < 1.29 is 0 Å². The van der Waals surface area contributed by atoms with Gasteiger partial charge in [-0.2, -0.15) is 0 Å². The summed E-state index contributed by atoms with van der Waals surface area (Å²) in [6.45, 7) is 8.48. The third kappa shape index (κ3) is 2.46. The van der Waals surface area contributed by atoms with Gasteiger partial charge >= 0.3 is 0 Å². The SMILES string of the molecule is Cc1ccc(C(N)c2cc(C)ccc2C)c(C)c1. The molecule has 0 radical (unpaired) electrons. The summed E-state index contributed by atoms with van der Waals surface area (Å²) < 4.78 is 0. The highest BCUT2D eigenvalue weighted by atomic mass is 14.6. The normalized spacial score (nSPS) is 12.5. The first-order valence-corrected chi connectivity index (χ1v) is 6.39. The van der Waals surface area contributed by atoms with Crippen molar-refractivity contribution in [3.05, 3.63) is 69.8 Å². The summed E-state index contributed by atoms with van der Waals surface area (Å²) in [5.41, 5.74) is 13.9. The Kier molecular flexibility index (Phi) is 3.53. The fourth-order valence-electron chi connectivity index (χ4n) is 2.44. The van der Waals surface area contributed by atoms with Crippen molar-refractivity contribution in [1.29, 1.82) is 0 Å². The number of hydrogen-bond donors (Lipinski definition) is 1. The molecule has 1 atom stereocenters. The maximum Gasteiger partial charge on any atom is 0.0556 e. The van der Waals surface area contributed by atoms with Gasteiger partial charge < -0.3 is 5.73 Å². The molecule has 2 rings (SSSR count). The van der Waals surface area contributed by atoms with E-state index in [1.165, 1.54) is 33.4 Å². The van der Waals surface area contributed by atoms with E-state index in [1.54, 1.807) is 0 Å². The minimum Gasteiger partial charge on any atom is -0.320 e. The maximum atomic E-state index is 6.44. The lowest BCUT2D eigenvalue weighted by Gasteiger charge is -2.18. The van der Waals surface area contributed by atoms with Crippen LogP contribution in [0.3, 0.4) is 0 Å². The lowest BCUT2D eigenvalue weighted by molar-refractivity contribution is 0.850. The molecular weight excluding hydrogens is 218 g/mol. The Balaban J connectivity index is 2.47. The van der Waals surface area contributed by atoms with Gasteiger partial charge in [0.15, 0.2) is 0 Å². The van der Waals surface area contributed by atoms with Gasteiger partial charge in [-0.25, -0.2) is 0 Å². The van der Waals surface area contributed by atoms with Gasteiger partial charge in [-0.1, -0.05) is 47.5 Å². The minimum atomic E-state index is -0.0366. The van der Waals surface area contributed by atoms with Crippen LogP contribution in [0.15, 0.2) is 36.4 Å². The standard InChI is InChI=1S/C17H21N/c1-11-6-8-15(14(4)9-11)17(18)16-10-12(2)5-7-13(16)3/h5-10,17H,18H2,1-4H3. The van der Waals surface area contributed by atoms with Crippen LogP contribution in [0, 0.1) is 27.7 Å². The number of aryl methyl sites for hydroxylation is 4. The molecule has 94 valence electrons. The topological polar surface area (TPSA) is 26.0 Å². The largest absolute Gasteiger partial charge is 0.320 e. The first-order chi connectivity index (χ1) is 8.49. The van der Waals surface area contributed by atoms with Gasteiger partial charge in [-0.3, -0.25) is 0 Å². The third-order valence-corrected chi connectivity index (χ3v) is 3.53. The van der Waals surface area contributed by atoms with Crippen LogP contribution in [-0.4, -0.2) is 0 Å². The smallest absolute Gasteiger partial charge is 0.0556 e. The number of benzene rings is 2. The number of hydrogen-bond acceptors (Lipinski definition) is 1. The molecule has 18 heavy (non-hydrogen) atoms. The van der Waals surface area contributed by atoms with E-state index in [0.717, 1.165) is 0 Å². The lowest BCUT2D eigenvalue weighted by Crippen LogP contribution is -2.14. The molecule has 0 aromatic heterocycles. The Morgan fingerprint density at radius 1 is 0.722 bits per heavy atom. The summed E-state index contributed by atoms with van der Waals surface area (Å²) in [5.74, 6) is 0. The number of rotatable bonds is 2. The number of nitrogens with two attached hydrogens (primary N) is 1. The molecular formula is C17H21N. The van der Waals surface area contributed by atoms with E-state index in [1.807, 2.05) is 0 Å². The third-order valence-electron chi connectivity index (χ3n) is 3.53. The van der Waals surface area contributed by atoms with Crippen LogP contribution >= 0.6 is 0 Å². The molecule has 1 nitrogen and oxygen atoms in total. The van der Waals surface area contributed by atoms with Gasteiger partial charge in [0.25, 0.3) is 0 Å². The van der Waals surface area contributed by atoms with Crippen LogP contribution in [0.5, 0.6) is 0 Å². The van der Waals surface area contributed by atoms with Gasteiger partial charge in [0.2, 0.25) is 0 Å². The van der Waals surface area contributed by atoms with Gasteiger partial charge in [-0.05, 0) is 49.9 Å². The first-order valence-electron chi connectivity index (χ1n) is 6.39. The van der Waals surface area contributed by atoms with Crippen molar-refractivity contribution in [1.82, 2.24) is 0 Å². The van der Waals surface area contributed by atoms with Gasteiger partial charge in [-0.15, -0.1) is 0 Å². The molecule has 0 saturated carbocycles. The fourth-order valence-corrected chi connectivity index (χ4v) is 2.44. The first kappa shape index (κ1) is 12.8. The summed E-state index contributed by atoms with van der Waals surface area (Å²) in [5, 5.41) is 0. The molecule has 2 aromatic carbocycles. The molecule has 1 unspecified atom stereocenters. The Labute approximate surface area is 110 Å². The molecule has 1 heteroatoms. The van der Waals surface area contributed by atoms with Crippen molar-refractivity contribution in [3.63, 3.8) is 0 Å². The average molecular weight is 239 g/mol. The second kappa shape index (κ2) is 4.95. The zero-order valence-corrected chi connectivity index (χ0v) is 11.6. The van der Waals surface area contributed by atoms with E-state index in [0.29, 0.717) is 0 Å². The predicted octanol–water partition coefficient (Wildman–Crippen LogP) is 3.97. The molecule has 2 N–H and O–H groups in total. The van der Waals surface area contributed by atoms with Crippen LogP contribution in [0.1, 0.15) is 39.4 Å². The zero-order valence-electron chi connectivity index (χ0n) is 11.6. The fraction of sp³-hybridized carbons (Fsp3) is 0.294. The molecule has 0 saturated heterocycles. The van der Waals surface area contributed by atoms with Crippen molar-refractivity contribution >= 4 is 0 Å². The van der Waals surface area contributed by atoms with E-state index in [9.17, 15) is 0 Å². The molecule has 0 heterocycles. The van der Waals surface area contributed by atoms with E-state index in [-0.39, 0.29) is 6.04 Å². The molecule has 0 bridgehead atoms. The zero-order chi connectivity index (χ0) is 13.3. The van der Waals surface area contributed by atoms with E-state index in [4.69, 9.17) is 5.73 Å². The van der Waals surface area contributed by atoms with Gasteiger partial charge in [0, 0.05) is 0 Å². The quantitative estimate of drug-likeness (QED) is 0.843. The van der Waals surface area contributed by atoms with Crippen LogP contribution < -0.4 is 5.73 Å². The summed E-state index contributed by atoms with van der Waals surface area (Å²) in [6.07, 6.45) is 0. The van der Waals surface area contributed by atoms with E-state index < -0.39 is 0 Å². The summed E-state index contributed by atoms with van der Waals surface area (Å²) >= 11 is 0. The summed E-state index contributed by atoms with van der Waals surface area (Å²) in [4.78, 5) is 0. The Bertz CT molecular complexity index is 570. The summed E-state index contributed by atoms with van der Waals surface area (Å²) in [6, 6.07) is 12.9. The van der Waals surface area contributed by atoms with Crippen molar-refractivity contribution in [2.45, 2.75) is 33.7 Å². The second-order valence-corrected chi connectivity index (χ2v) is 5.20. The van der Waals surface area contributed by atoms with E-state index in [2.05, 4.69) is 64.1 Å². The molecule has 0 aliphatic carbocycles. The molecule has 0 fully saturated rings. The van der Waals surface area contributed by atoms with Crippen molar-refractivity contribution in [3.8, 4) is 0 Å². The summed E-state index contributed by atoms with van der Waals surface area (Å²) in [7, 11) is 0. The van der Waals surface area contributed by atoms with Crippen LogP contribution in [0.4, 0.5) is 0 Å². The van der Waals surface area contributed by atoms with Gasteiger partial charge in [0.1, 0.15) is 0 Å². The second-order valence-electron chi connectivity index (χ2n) is 5.20. The Morgan fingerprint density at radius 3 is 2.00 bits per heavy atom. The Hall–Kier alpha value is -1.60. The predicted molar refractivity (Wildman–Crippen MR) is 77.9 cm³/mol. The minimum absolute atomic E-state index is 0.0366. The van der Waals surface area contributed by atoms with Crippen molar-refractivity contribution in [2.24, 2.45) is 5.73 Å². The lowest BCUT2D eigenvalue weighted by atomic mass is 9.91. The van der Waals surface area contributed by atoms with Crippen LogP contribution in [-0.2, 0) is 0 Å². The molecule has 2 aromatic rings. The van der Waals surface area contributed by atoms with Gasteiger partial charge in [0.05, 0.1) is 6.04 Å². The highest BCUT2D eigenvalue weighted by molar-refractivity contribution is 5.42. The monoisotopic (exact) mass is 239 g/mol. The average Bonchev–Trinajstić information content (AvgIpc) is 2.31. The molecule has 0 amide bonds. The molecule has 0 spiro atoms. The maximum absolute atomic E-state index is 6.44. The van der Waals surface area contributed by atoms with Crippen LogP contribution in [0.2, 0.25) is 0 Å². The molecule has 0 aliphatic rings. The highest BCUT2D eigenvalue weighted by Gasteiger charge is 2.13. The Morgan fingerprint density at radius 2 is 1.33 bits per heavy atom.